The number of alkyl halides is 2. The smallest absolute Gasteiger partial charge is 0.362 e. The molecule has 0 N–H and O–H groups in total. The van der Waals surface area contributed by atoms with Crippen molar-refractivity contribution in [2.75, 3.05) is 34.6 Å². The van der Waals surface area contributed by atoms with Crippen LogP contribution in [0.1, 0.15) is 26.7 Å². The van der Waals surface area contributed by atoms with Crippen LogP contribution < -0.4 is 9.80 Å². The van der Waals surface area contributed by atoms with Gasteiger partial charge in [0.25, 0.3) is 0 Å². The van der Waals surface area contributed by atoms with Crippen LogP contribution in [0, 0.1) is 58.4 Å². The molecule has 2 unspecified atom stereocenters. The van der Waals surface area contributed by atoms with E-state index in [1.807, 2.05) is 36.4 Å². The molecule has 2 fully saturated rings. The summed E-state index contributed by atoms with van der Waals surface area (Å²) in [4.78, 5) is 25.9. The van der Waals surface area contributed by atoms with E-state index in [0.717, 1.165) is 25.0 Å². The first-order valence-electron chi connectivity index (χ1n) is 12.9. The van der Waals surface area contributed by atoms with Crippen LogP contribution in [0.5, 0.6) is 0 Å². The van der Waals surface area contributed by atoms with Gasteiger partial charge in [-0.2, -0.15) is 12.2 Å². The van der Waals surface area contributed by atoms with E-state index < -0.39 is 34.1 Å². The van der Waals surface area contributed by atoms with Crippen LogP contribution in [0.4, 0.5) is 28.9 Å². The van der Waals surface area contributed by atoms with Crippen molar-refractivity contribution in [1.82, 2.24) is 0 Å². The Hall–Kier alpha value is -2.65. The van der Waals surface area contributed by atoms with E-state index in [-0.39, 0.29) is 56.7 Å². The third-order valence-corrected chi connectivity index (χ3v) is 7.74. The summed E-state index contributed by atoms with van der Waals surface area (Å²) in [6.45, 7) is 4.10. The van der Waals surface area contributed by atoms with Crippen LogP contribution >= 0.6 is 23.2 Å². The van der Waals surface area contributed by atoms with Gasteiger partial charge in [-0.3, -0.25) is 21.7 Å². The topological polar surface area (TPSA) is 40.6 Å². The molecule has 2 heterocycles. The molecule has 2 aliphatic heterocycles. The average molecular weight is 667 g/mol. The van der Waals surface area contributed by atoms with Gasteiger partial charge in [-0.1, -0.05) is 0 Å². The molecule has 0 radical (unpaired) electrons. The number of carbonyl (C=O) groups is 2. The number of nitrogens with zero attached hydrogens (tertiary/aromatic N) is 2. The zero-order chi connectivity index (χ0) is 30.9. The molecule has 2 amide bonds. The number of hydrogen-bond donors (Lipinski definition) is 0. The molecule has 0 spiro atoms. The molecule has 4 nitrogen and oxygen atoms in total. The number of β-lactam (4-membered cyclic amide) rings is 2. The SMILES string of the molecule is CC1(CCl)CN(c2ccc(F)[c-]c2F)C1=O.CC1(CCl)CN(c2ccc(F)[c-]c2F)C1=O.[C-]1=CC=CC1.[C-]1=CC=CC1.[Ti+4]. The summed E-state index contributed by atoms with van der Waals surface area (Å²) in [6, 6.07) is 8.39. The number of benzene rings is 2. The van der Waals surface area contributed by atoms with Crippen molar-refractivity contribution in [3.05, 3.63) is 108 Å². The van der Waals surface area contributed by atoms with Crippen molar-refractivity contribution >= 4 is 46.4 Å². The Morgan fingerprint density at radius 3 is 1.30 bits per heavy atom. The molecule has 2 atom stereocenters. The molecule has 2 saturated heterocycles. The maximum absolute atomic E-state index is 13.3. The Balaban J connectivity index is 0.000000223. The number of halogens is 6. The first kappa shape index (κ1) is 36.5. The molecule has 4 aliphatic rings. The van der Waals surface area contributed by atoms with Gasteiger partial charge < -0.3 is 9.80 Å². The number of allylic oxidation sites excluding steroid dienone is 8. The van der Waals surface area contributed by atoms with Gasteiger partial charge in [0.05, 0.1) is 10.8 Å². The monoisotopic (exact) mass is 666 g/mol. The van der Waals surface area contributed by atoms with E-state index in [4.69, 9.17) is 23.2 Å². The summed E-state index contributed by atoms with van der Waals surface area (Å²) >= 11 is 11.3. The molecule has 224 valence electrons. The van der Waals surface area contributed by atoms with Crippen molar-refractivity contribution in [2.45, 2.75) is 26.7 Å². The number of amides is 2. The molecule has 43 heavy (non-hydrogen) atoms. The summed E-state index contributed by atoms with van der Waals surface area (Å²) in [5.74, 6) is -3.40. The van der Waals surface area contributed by atoms with Gasteiger partial charge in [0.1, 0.15) is 0 Å². The van der Waals surface area contributed by atoms with E-state index in [1.165, 1.54) is 21.9 Å². The van der Waals surface area contributed by atoms with Crippen molar-refractivity contribution in [1.29, 1.82) is 0 Å². The van der Waals surface area contributed by atoms with Gasteiger partial charge in [0.15, 0.2) is 0 Å². The van der Waals surface area contributed by atoms with Crippen LogP contribution in [0.2, 0.25) is 0 Å². The second kappa shape index (κ2) is 16.4. The second-order valence-corrected chi connectivity index (χ2v) is 10.7. The van der Waals surface area contributed by atoms with Crippen LogP contribution in [0.25, 0.3) is 0 Å². The van der Waals surface area contributed by atoms with E-state index in [1.54, 1.807) is 13.8 Å². The third-order valence-electron chi connectivity index (χ3n) is 6.56. The van der Waals surface area contributed by atoms with Gasteiger partial charge in [0.2, 0.25) is 11.8 Å². The molecule has 2 aliphatic carbocycles. The van der Waals surface area contributed by atoms with Crippen LogP contribution in [0.15, 0.2) is 60.7 Å². The van der Waals surface area contributed by atoms with Gasteiger partial charge in [-0.25, -0.2) is 41.9 Å². The Kier molecular flexibility index (Phi) is 14.0. The minimum Gasteiger partial charge on any atom is -0.362 e. The fourth-order valence-corrected chi connectivity index (χ4v) is 4.40. The second-order valence-electron chi connectivity index (χ2n) is 10.2. The third kappa shape index (κ3) is 9.18. The Labute approximate surface area is 274 Å². The Morgan fingerprint density at radius 1 is 0.721 bits per heavy atom. The molecule has 11 heteroatoms. The van der Waals surface area contributed by atoms with Gasteiger partial charge in [-0.15, -0.1) is 72.4 Å². The number of rotatable bonds is 4. The quantitative estimate of drug-likeness (QED) is 0.113. The summed E-state index contributed by atoms with van der Waals surface area (Å²) in [7, 11) is 0. The Morgan fingerprint density at radius 2 is 1.09 bits per heavy atom. The molecular formula is C32H28Cl2F4N2O2Ti. The average Bonchev–Trinajstić information content (AvgIpc) is 3.75. The minimum absolute atomic E-state index is 0. The predicted molar refractivity (Wildman–Crippen MR) is 156 cm³/mol. The van der Waals surface area contributed by atoms with E-state index >= 15 is 0 Å². The molecule has 6 rings (SSSR count). The summed E-state index contributed by atoms with van der Waals surface area (Å²) in [5, 5.41) is 0. The van der Waals surface area contributed by atoms with Crippen molar-refractivity contribution in [3.8, 4) is 0 Å². The largest absolute Gasteiger partial charge is 4.00 e. The normalized spacial score (nSPS) is 22.3. The van der Waals surface area contributed by atoms with E-state index in [2.05, 4.69) is 24.3 Å². The first-order chi connectivity index (χ1) is 20.0. The molecule has 2 aromatic rings. The fraction of sp³-hybridized carbons (Fsp3) is 0.312. The maximum atomic E-state index is 13.3. The van der Waals surface area contributed by atoms with E-state index in [9.17, 15) is 27.2 Å². The standard InChI is InChI=1S/2C11H9ClF2NO.2C5H5.Ti/c2*1-11(5-12)6-15(10(11)16)9-3-2-7(13)4-8(9)14;2*1-2-4-5-3-1;/h2*2-3H,5-6H2,1H3;2*1-3H,4H2;/q4*-1;+4. The number of hydrogen-bond acceptors (Lipinski definition) is 2. The first-order valence-corrected chi connectivity index (χ1v) is 14.0. The summed E-state index contributed by atoms with van der Waals surface area (Å²) < 4.78 is 51.9. The molecule has 2 aromatic carbocycles. The van der Waals surface area contributed by atoms with Crippen LogP contribution in [-0.4, -0.2) is 36.7 Å². The molecule has 0 bridgehead atoms. The number of carbonyl (C=O) groups excluding carboxylic acids is 2. The van der Waals surface area contributed by atoms with Gasteiger partial charge >= 0.3 is 21.7 Å². The summed E-state index contributed by atoms with van der Waals surface area (Å²) in [6.07, 6.45) is 20.0. The number of anilines is 2. The van der Waals surface area contributed by atoms with Gasteiger partial charge in [-0.05, 0) is 25.2 Å². The molecule has 0 aromatic heterocycles. The van der Waals surface area contributed by atoms with Crippen LogP contribution in [-0.2, 0) is 31.3 Å². The molecule has 0 saturated carbocycles. The van der Waals surface area contributed by atoms with Crippen LogP contribution in [0.3, 0.4) is 0 Å². The Bertz CT molecular complexity index is 1290. The van der Waals surface area contributed by atoms with Crippen molar-refractivity contribution in [3.63, 3.8) is 0 Å². The van der Waals surface area contributed by atoms with Crippen molar-refractivity contribution in [2.24, 2.45) is 10.8 Å². The minimum atomic E-state index is -0.857. The fourth-order valence-electron chi connectivity index (χ4n) is 4.00. The molecular weight excluding hydrogens is 639 g/mol. The summed E-state index contributed by atoms with van der Waals surface area (Å²) in [5.41, 5.74) is -1.17. The van der Waals surface area contributed by atoms with E-state index in [0.29, 0.717) is 13.1 Å². The van der Waals surface area contributed by atoms with Crippen molar-refractivity contribution < 1.29 is 48.9 Å². The zero-order valence-electron chi connectivity index (χ0n) is 23.5. The van der Waals surface area contributed by atoms with Gasteiger partial charge in [0, 0.05) is 48.1 Å². The predicted octanol–water partition coefficient (Wildman–Crippen LogP) is 7.32. The zero-order valence-corrected chi connectivity index (χ0v) is 26.6. The maximum Gasteiger partial charge on any atom is 4.00 e.